The first-order valence-corrected chi connectivity index (χ1v) is 10.4. The van der Waals surface area contributed by atoms with E-state index in [2.05, 4.69) is 47.9 Å². The highest BCUT2D eigenvalue weighted by atomic mass is 32.1. The van der Waals surface area contributed by atoms with Crippen LogP contribution in [0, 0.1) is 5.92 Å². The maximum absolute atomic E-state index is 12.1. The van der Waals surface area contributed by atoms with E-state index in [0.717, 1.165) is 18.4 Å². The molecule has 1 atom stereocenters. The summed E-state index contributed by atoms with van der Waals surface area (Å²) in [7, 11) is 0. The molecule has 27 heavy (non-hydrogen) atoms. The van der Waals surface area contributed by atoms with Crippen LogP contribution in [-0.4, -0.2) is 25.0 Å². The lowest BCUT2D eigenvalue weighted by atomic mass is 10.0. The number of hydrogen-bond acceptors (Lipinski definition) is 3. The highest BCUT2D eigenvalue weighted by Crippen LogP contribution is 2.23. The molecule has 0 radical (unpaired) electrons. The first kappa shape index (κ1) is 21.1. The molecule has 1 aromatic heterocycles. The summed E-state index contributed by atoms with van der Waals surface area (Å²) in [6.45, 7) is 6.92. The fourth-order valence-corrected chi connectivity index (χ4v) is 3.66. The van der Waals surface area contributed by atoms with Crippen LogP contribution in [0.3, 0.4) is 0 Å². The number of imide groups is 1. The van der Waals surface area contributed by atoms with Crippen LogP contribution in [-0.2, 0) is 11.2 Å². The van der Waals surface area contributed by atoms with Gasteiger partial charge < -0.3 is 10.6 Å². The molecule has 0 spiro atoms. The number of rotatable bonds is 9. The van der Waals surface area contributed by atoms with E-state index in [0.29, 0.717) is 12.5 Å². The monoisotopic (exact) mass is 388 g/mol. The van der Waals surface area contributed by atoms with Gasteiger partial charge in [-0.15, -0.1) is 11.3 Å². The van der Waals surface area contributed by atoms with Crippen molar-refractivity contribution in [3.05, 3.63) is 57.8 Å². The van der Waals surface area contributed by atoms with Crippen LogP contribution in [0.1, 0.15) is 49.2 Å². The summed E-state index contributed by atoms with van der Waals surface area (Å²) in [4.78, 5) is 25.1. The molecule has 146 valence electrons. The second-order valence-electron chi connectivity index (χ2n) is 7.08. The Labute approximate surface area is 165 Å². The molecule has 0 unspecified atom stereocenters. The number of quaternary nitrogens is 1. The number of benzene rings is 1. The van der Waals surface area contributed by atoms with E-state index in [9.17, 15) is 9.59 Å². The lowest BCUT2D eigenvalue weighted by molar-refractivity contribution is -0.676. The van der Waals surface area contributed by atoms with Crippen molar-refractivity contribution in [2.45, 2.75) is 39.7 Å². The van der Waals surface area contributed by atoms with Crippen LogP contribution in [0.5, 0.6) is 0 Å². The molecule has 0 saturated heterocycles. The summed E-state index contributed by atoms with van der Waals surface area (Å²) < 4.78 is 0. The Bertz CT molecular complexity index is 712. The van der Waals surface area contributed by atoms with Crippen molar-refractivity contribution in [2.75, 3.05) is 13.1 Å². The van der Waals surface area contributed by atoms with Crippen molar-refractivity contribution >= 4 is 23.3 Å². The van der Waals surface area contributed by atoms with E-state index in [1.165, 1.54) is 10.4 Å². The zero-order chi connectivity index (χ0) is 19.6. The maximum Gasteiger partial charge on any atom is 0.321 e. The molecule has 2 aromatic rings. The minimum atomic E-state index is -0.432. The van der Waals surface area contributed by atoms with Crippen molar-refractivity contribution in [1.82, 2.24) is 10.6 Å². The van der Waals surface area contributed by atoms with Crippen LogP contribution in [0.2, 0.25) is 0 Å². The van der Waals surface area contributed by atoms with Crippen molar-refractivity contribution < 1.29 is 14.9 Å². The van der Waals surface area contributed by atoms with Crippen LogP contribution < -0.4 is 16.0 Å². The van der Waals surface area contributed by atoms with E-state index in [1.807, 2.05) is 30.6 Å². The zero-order valence-electron chi connectivity index (χ0n) is 16.3. The lowest BCUT2D eigenvalue weighted by Crippen LogP contribution is -2.87. The number of amides is 3. The number of nitrogens with two attached hydrogens (primary N) is 1. The average Bonchev–Trinajstić information content (AvgIpc) is 3.16. The predicted molar refractivity (Wildman–Crippen MR) is 110 cm³/mol. The molecular weight excluding hydrogens is 358 g/mol. The number of carbonyl (C=O) groups is 2. The molecule has 0 bridgehead atoms. The molecule has 2 rings (SSSR count). The lowest BCUT2D eigenvalue weighted by Gasteiger charge is -2.15. The average molecular weight is 389 g/mol. The number of urea groups is 1. The molecular formula is C21H30N3O2S+. The third-order valence-corrected chi connectivity index (χ3v) is 5.15. The number of thiophene rings is 1. The Morgan fingerprint density at radius 2 is 1.89 bits per heavy atom. The summed E-state index contributed by atoms with van der Waals surface area (Å²) in [6, 6.07) is 12.3. The smallest absolute Gasteiger partial charge is 0.321 e. The van der Waals surface area contributed by atoms with Gasteiger partial charge in [0, 0.05) is 12.1 Å². The van der Waals surface area contributed by atoms with Gasteiger partial charge in [-0.05, 0) is 29.3 Å². The van der Waals surface area contributed by atoms with Gasteiger partial charge in [0.15, 0.2) is 6.54 Å². The van der Waals surface area contributed by atoms with Gasteiger partial charge in [0.05, 0.1) is 4.88 Å². The zero-order valence-corrected chi connectivity index (χ0v) is 17.1. The standard InChI is InChI=1S/C21H29N3O2S/c1-4-6-16-8-10-17(11-9-16)20(18-7-5-12-27-18)22-14-19(25)24-21(26)23-13-15(2)3/h5,7-12,15,20,22H,4,6,13-14H2,1-3H3,(H2,23,24,25,26)/p+1/t20-/m1/s1. The van der Waals surface area contributed by atoms with Gasteiger partial charge in [-0.2, -0.15) is 0 Å². The van der Waals surface area contributed by atoms with Crippen LogP contribution in [0.15, 0.2) is 41.8 Å². The quantitative estimate of drug-likeness (QED) is 0.618. The van der Waals surface area contributed by atoms with Gasteiger partial charge >= 0.3 is 6.03 Å². The van der Waals surface area contributed by atoms with E-state index in [4.69, 9.17) is 0 Å². The van der Waals surface area contributed by atoms with Gasteiger partial charge in [0.25, 0.3) is 5.91 Å². The van der Waals surface area contributed by atoms with E-state index in [-0.39, 0.29) is 18.5 Å². The second kappa shape index (κ2) is 10.8. The molecule has 0 aliphatic carbocycles. The minimum Gasteiger partial charge on any atom is -0.338 e. The van der Waals surface area contributed by atoms with Gasteiger partial charge in [0.1, 0.15) is 6.04 Å². The Balaban J connectivity index is 1.97. The minimum absolute atomic E-state index is 0.0464. The Morgan fingerprint density at radius 1 is 1.15 bits per heavy atom. The molecule has 0 fully saturated rings. The second-order valence-corrected chi connectivity index (χ2v) is 8.06. The van der Waals surface area contributed by atoms with Crippen LogP contribution in [0.25, 0.3) is 0 Å². The fraction of sp³-hybridized carbons (Fsp3) is 0.429. The van der Waals surface area contributed by atoms with E-state index < -0.39 is 6.03 Å². The predicted octanol–water partition coefficient (Wildman–Crippen LogP) is 2.84. The van der Waals surface area contributed by atoms with Crippen molar-refractivity contribution in [3.8, 4) is 0 Å². The van der Waals surface area contributed by atoms with Crippen molar-refractivity contribution in [1.29, 1.82) is 0 Å². The largest absolute Gasteiger partial charge is 0.338 e. The molecule has 4 N–H and O–H groups in total. The third kappa shape index (κ3) is 7.15. The fourth-order valence-electron chi connectivity index (χ4n) is 2.81. The summed E-state index contributed by atoms with van der Waals surface area (Å²) in [5.74, 6) is 0.0525. The summed E-state index contributed by atoms with van der Waals surface area (Å²) in [5.41, 5.74) is 2.49. The molecule has 1 heterocycles. The first-order chi connectivity index (χ1) is 13.0. The highest BCUT2D eigenvalue weighted by Gasteiger charge is 2.20. The summed E-state index contributed by atoms with van der Waals surface area (Å²) in [5, 5.41) is 9.11. The van der Waals surface area contributed by atoms with Gasteiger partial charge in [-0.1, -0.05) is 57.5 Å². The molecule has 0 aliphatic rings. The van der Waals surface area contributed by atoms with Crippen molar-refractivity contribution in [3.63, 3.8) is 0 Å². The molecule has 6 heteroatoms. The van der Waals surface area contributed by atoms with Gasteiger partial charge in [0.2, 0.25) is 0 Å². The van der Waals surface area contributed by atoms with Gasteiger partial charge in [-0.25, -0.2) is 4.79 Å². The number of nitrogens with one attached hydrogen (secondary N) is 2. The van der Waals surface area contributed by atoms with E-state index in [1.54, 1.807) is 11.3 Å². The van der Waals surface area contributed by atoms with Crippen molar-refractivity contribution in [2.24, 2.45) is 5.92 Å². The molecule has 0 aliphatic heterocycles. The molecule has 5 nitrogen and oxygen atoms in total. The maximum atomic E-state index is 12.1. The topological polar surface area (TPSA) is 74.8 Å². The molecule has 1 aromatic carbocycles. The third-order valence-electron chi connectivity index (χ3n) is 4.19. The Hall–Kier alpha value is -2.18. The van der Waals surface area contributed by atoms with Crippen LogP contribution in [0.4, 0.5) is 4.79 Å². The number of hydrogen-bond donors (Lipinski definition) is 3. The number of carbonyl (C=O) groups excluding carboxylic acids is 2. The normalized spacial score (nSPS) is 12.0. The van der Waals surface area contributed by atoms with E-state index >= 15 is 0 Å². The van der Waals surface area contributed by atoms with Crippen LogP contribution >= 0.6 is 11.3 Å². The SMILES string of the molecule is CCCc1ccc([C@@H]([NH2+]CC(=O)NC(=O)NCC(C)C)c2cccs2)cc1. The highest BCUT2D eigenvalue weighted by molar-refractivity contribution is 7.10. The Morgan fingerprint density at radius 3 is 2.48 bits per heavy atom. The first-order valence-electron chi connectivity index (χ1n) is 9.52. The molecule has 0 saturated carbocycles. The number of aryl methyl sites for hydroxylation is 1. The Kier molecular flexibility index (Phi) is 8.48. The summed E-state index contributed by atoms with van der Waals surface area (Å²) in [6.07, 6.45) is 2.19. The summed E-state index contributed by atoms with van der Waals surface area (Å²) >= 11 is 1.67. The molecule has 3 amide bonds. The van der Waals surface area contributed by atoms with Gasteiger partial charge in [-0.3, -0.25) is 10.1 Å².